The van der Waals surface area contributed by atoms with E-state index in [0.29, 0.717) is 13.2 Å². The molecule has 46 heavy (non-hydrogen) atoms. The summed E-state index contributed by atoms with van der Waals surface area (Å²) < 4.78 is 66.9. The molecule has 0 amide bonds. The SMILES string of the molecule is CCCCCCCCOc1ccc(NS(=O)(=O)c2cc(C(C)(C)CCCCC)ccc2OCCCCCCCC)cc1S([NH])(=O)=O. The molecule has 2 aromatic rings. The zero-order valence-corrected chi connectivity index (χ0v) is 30.6. The molecule has 2 aromatic carbocycles. The van der Waals surface area contributed by atoms with Gasteiger partial charge in [0.1, 0.15) is 21.3 Å². The summed E-state index contributed by atoms with van der Waals surface area (Å²) in [5.74, 6) is 0.312. The van der Waals surface area contributed by atoms with Crippen molar-refractivity contribution in [2.45, 2.75) is 153 Å². The average Bonchev–Trinajstić information content (AvgIpc) is 3.00. The average molecular weight is 680 g/mol. The minimum absolute atomic E-state index is 0.0122. The topological polar surface area (TPSA) is 123 Å². The second-order valence-electron chi connectivity index (χ2n) is 13.0. The summed E-state index contributed by atoms with van der Waals surface area (Å²) >= 11 is 0. The number of hydrogen-bond donors (Lipinski definition) is 1. The first-order chi connectivity index (χ1) is 21.9. The van der Waals surface area contributed by atoms with E-state index in [9.17, 15) is 16.8 Å². The van der Waals surface area contributed by atoms with Crippen molar-refractivity contribution in [3.05, 3.63) is 42.0 Å². The smallest absolute Gasteiger partial charge is 0.265 e. The van der Waals surface area contributed by atoms with E-state index in [-0.39, 0.29) is 32.4 Å². The van der Waals surface area contributed by atoms with Gasteiger partial charge in [-0.3, -0.25) is 4.72 Å². The van der Waals surface area contributed by atoms with Crippen molar-refractivity contribution in [2.24, 2.45) is 0 Å². The fourth-order valence-electron chi connectivity index (χ4n) is 5.46. The largest absolute Gasteiger partial charge is 0.492 e. The Kier molecular flexibility index (Phi) is 17.5. The maximum Gasteiger partial charge on any atom is 0.265 e. The molecule has 0 saturated heterocycles. The van der Waals surface area contributed by atoms with Crippen molar-refractivity contribution in [1.29, 1.82) is 0 Å². The molecule has 0 spiro atoms. The van der Waals surface area contributed by atoms with Gasteiger partial charge in [0.05, 0.1) is 18.9 Å². The van der Waals surface area contributed by atoms with Crippen LogP contribution in [0.15, 0.2) is 46.2 Å². The van der Waals surface area contributed by atoms with Gasteiger partial charge in [-0.15, -0.1) is 5.14 Å². The first-order valence-electron chi connectivity index (χ1n) is 17.4. The lowest BCUT2D eigenvalue weighted by Gasteiger charge is -2.26. The van der Waals surface area contributed by atoms with Crippen LogP contribution in [0.4, 0.5) is 5.69 Å². The molecule has 2 rings (SSSR count). The van der Waals surface area contributed by atoms with Crippen LogP contribution in [-0.2, 0) is 25.5 Å². The molecule has 2 N–H and O–H groups in total. The molecule has 0 aliphatic rings. The van der Waals surface area contributed by atoms with Crippen molar-refractivity contribution in [2.75, 3.05) is 17.9 Å². The maximum atomic E-state index is 13.9. The van der Waals surface area contributed by atoms with E-state index in [4.69, 9.17) is 14.6 Å². The number of nitrogens with one attached hydrogen (secondary N) is 2. The second-order valence-corrected chi connectivity index (χ2v) is 16.1. The molecule has 0 saturated carbocycles. The summed E-state index contributed by atoms with van der Waals surface area (Å²) in [7, 11) is -8.62. The van der Waals surface area contributed by atoms with Gasteiger partial charge in [-0.1, -0.05) is 124 Å². The zero-order chi connectivity index (χ0) is 34.1. The van der Waals surface area contributed by atoms with E-state index >= 15 is 0 Å². The van der Waals surface area contributed by atoms with Crippen LogP contribution in [0.5, 0.6) is 11.5 Å². The third-order valence-electron chi connectivity index (χ3n) is 8.42. The van der Waals surface area contributed by atoms with Crippen LogP contribution >= 0.6 is 0 Å². The highest BCUT2D eigenvalue weighted by Gasteiger charge is 2.27. The van der Waals surface area contributed by atoms with Gasteiger partial charge < -0.3 is 9.47 Å². The number of unbranched alkanes of at least 4 members (excludes halogenated alkanes) is 12. The van der Waals surface area contributed by atoms with Gasteiger partial charge in [0.15, 0.2) is 0 Å². The lowest BCUT2D eigenvalue weighted by atomic mass is 9.80. The van der Waals surface area contributed by atoms with Crippen LogP contribution in [0.3, 0.4) is 0 Å². The van der Waals surface area contributed by atoms with Crippen LogP contribution in [0.1, 0.15) is 143 Å². The number of anilines is 1. The number of rotatable bonds is 25. The van der Waals surface area contributed by atoms with Crippen molar-refractivity contribution in [3.8, 4) is 11.5 Å². The Balaban J connectivity index is 2.31. The molecule has 0 aliphatic carbocycles. The molecule has 0 unspecified atom stereocenters. The summed E-state index contributed by atoms with van der Waals surface area (Å²) in [5.41, 5.74) is 0.676. The van der Waals surface area contributed by atoms with Crippen LogP contribution in [0, 0.1) is 0 Å². The molecule has 1 radical (unpaired) electrons. The van der Waals surface area contributed by atoms with Gasteiger partial charge in [0.2, 0.25) is 0 Å². The monoisotopic (exact) mass is 679 g/mol. The Hall–Kier alpha value is -2.30. The molecule has 8 nitrogen and oxygen atoms in total. The maximum absolute atomic E-state index is 13.9. The van der Waals surface area contributed by atoms with Crippen LogP contribution < -0.4 is 19.3 Å². The minimum atomic E-state index is -4.43. The predicted molar refractivity (Wildman–Crippen MR) is 189 cm³/mol. The number of sulfonamides is 2. The van der Waals surface area contributed by atoms with E-state index in [0.717, 1.165) is 88.7 Å². The fraction of sp³-hybridized carbons (Fsp3) is 0.667. The van der Waals surface area contributed by atoms with E-state index in [2.05, 4.69) is 39.3 Å². The van der Waals surface area contributed by atoms with Gasteiger partial charge >= 0.3 is 0 Å². The Morgan fingerprint density at radius 2 is 1.11 bits per heavy atom. The van der Waals surface area contributed by atoms with Crippen molar-refractivity contribution >= 4 is 25.7 Å². The Morgan fingerprint density at radius 3 is 1.65 bits per heavy atom. The standard InChI is InChI=1S/C36H59N2O6S2/c1-6-9-12-14-16-19-26-43-32-24-22-31(29-34(32)45(37,39)40)38-46(41,42)35-28-30(36(4,5)25-18-11-8-3)21-23-33(35)44-27-20-17-15-13-10-7-2/h21-24,28-29,37-38H,6-20,25-27H2,1-5H3. The highest BCUT2D eigenvalue weighted by molar-refractivity contribution is 7.92. The molecule has 0 heterocycles. The lowest BCUT2D eigenvalue weighted by Crippen LogP contribution is -2.20. The molecular weight excluding hydrogens is 621 g/mol. The molecule has 0 bridgehead atoms. The number of hydrogen-bond acceptors (Lipinski definition) is 6. The second kappa shape index (κ2) is 20.2. The molecular formula is C36H59N2O6S2. The number of ether oxygens (including phenoxy) is 2. The highest BCUT2D eigenvalue weighted by atomic mass is 32.2. The zero-order valence-electron chi connectivity index (χ0n) is 29.0. The first-order valence-corrected chi connectivity index (χ1v) is 20.4. The van der Waals surface area contributed by atoms with Gasteiger partial charge in [-0.2, -0.15) is 0 Å². The third-order valence-corrected chi connectivity index (χ3v) is 10.7. The van der Waals surface area contributed by atoms with Gasteiger partial charge in [0.25, 0.3) is 20.0 Å². The minimum Gasteiger partial charge on any atom is -0.492 e. The summed E-state index contributed by atoms with van der Waals surface area (Å²) in [6.45, 7) is 11.5. The van der Waals surface area contributed by atoms with Crippen molar-refractivity contribution < 1.29 is 26.3 Å². The molecule has 261 valence electrons. The first kappa shape index (κ1) is 39.9. The summed E-state index contributed by atoms with van der Waals surface area (Å²) in [5, 5.41) is 7.74. The van der Waals surface area contributed by atoms with Gasteiger partial charge in [-0.05, 0) is 60.6 Å². The normalized spacial score (nSPS) is 12.3. The van der Waals surface area contributed by atoms with Gasteiger partial charge in [-0.25, -0.2) is 16.8 Å². The van der Waals surface area contributed by atoms with Crippen molar-refractivity contribution in [3.63, 3.8) is 0 Å². The Labute approximate surface area is 280 Å². The van der Waals surface area contributed by atoms with E-state index in [1.165, 1.54) is 37.8 Å². The predicted octanol–water partition coefficient (Wildman–Crippen LogP) is 9.80. The molecule has 0 fully saturated rings. The highest BCUT2D eigenvalue weighted by Crippen LogP contribution is 2.36. The van der Waals surface area contributed by atoms with Crippen LogP contribution in [0.2, 0.25) is 0 Å². The molecule has 0 atom stereocenters. The van der Waals surface area contributed by atoms with E-state index < -0.39 is 20.0 Å². The Morgan fingerprint density at radius 1 is 0.630 bits per heavy atom. The molecule has 10 heteroatoms. The fourth-order valence-corrected chi connectivity index (χ4v) is 7.35. The van der Waals surface area contributed by atoms with Crippen molar-refractivity contribution in [1.82, 2.24) is 5.14 Å². The third kappa shape index (κ3) is 13.8. The molecule has 0 aromatic heterocycles. The summed E-state index contributed by atoms with van der Waals surface area (Å²) in [6.07, 6.45) is 17.0. The summed E-state index contributed by atoms with van der Waals surface area (Å²) in [6, 6.07) is 9.41. The van der Waals surface area contributed by atoms with Crippen LogP contribution in [-0.4, -0.2) is 30.0 Å². The molecule has 0 aliphatic heterocycles. The number of benzene rings is 2. The quantitative estimate of drug-likeness (QED) is 0.104. The lowest BCUT2D eigenvalue weighted by molar-refractivity contribution is 0.296. The van der Waals surface area contributed by atoms with Gasteiger partial charge in [0, 0.05) is 0 Å². The summed E-state index contributed by atoms with van der Waals surface area (Å²) in [4.78, 5) is -0.359. The Bertz CT molecular complexity index is 1390. The van der Waals surface area contributed by atoms with E-state index in [1.807, 2.05) is 6.07 Å². The van der Waals surface area contributed by atoms with E-state index in [1.54, 1.807) is 12.1 Å². The van der Waals surface area contributed by atoms with Crippen LogP contribution in [0.25, 0.3) is 0 Å².